The lowest BCUT2D eigenvalue weighted by atomic mass is 9.98. The first-order chi connectivity index (χ1) is 16.5. The molecule has 1 fully saturated rings. The second kappa shape index (κ2) is 11.2. The number of nitrogens with one attached hydrogen (secondary N) is 2. The number of unbranched alkanes of at least 4 members (excludes halogenated alkanes) is 1. The van der Waals surface area contributed by atoms with Gasteiger partial charge in [-0.3, -0.25) is 4.79 Å². The fourth-order valence-electron chi connectivity index (χ4n) is 4.70. The van der Waals surface area contributed by atoms with Crippen molar-refractivity contribution in [3.63, 3.8) is 0 Å². The molecule has 0 saturated carbocycles. The first kappa shape index (κ1) is 23.8. The quantitative estimate of drug-likeness (QED) is 0.463. The van der Waals surface area contributed by atoms with Gasteiger partial charge < -0.3 is 25.2 Å². The fourth-order valence-corrected chi connectivity index (χ4v) is 4.70. The molecule has 2 aliphatic rings. The molecule has 8 heteroatoms. The van der Waals surface area contributed by atoms with Gasteiger partial charge >= 0.3 is 12.1 Å². The smallest absolute Gasteiger partial charge is 0.407 e. The van der Waals surface area contributed by atoms with Crippen molar-refractivity contribution in [1.29, 1.82) is 0 Å². The zero-order valence-corrected chi connectivity index (χ0v) is 19.0. The second-order valence-corrected chi connectivity index (χ2v) is 8.69. The predicted octanol–water partition coefficient (Wildman–Crippen LogP) is 3.30. The minimum absolute atomic E-state index is 0.0211. The summed E-state index contributed by atoms with van der Waals surface area (Å²) in [6.07, 6.45) is 0.883. The molecule has 8 nitrogen and oxygen atoms in total. The van der Waals surface area contributed by atoms with Crippen LogP contribution in [0.1, 0.15) is 42.7 Å². The third-order valence-electron chi connectivity index (χ3n) is 6.46. The Morgan fingerprint density at radius 3 is 2.32 bits per heavy atom. The molecule has 3 N–H and O–H groups in total. The zero-order valence-electron chi connectivity index (χ0n) is 19.0. The van der Waals surface area contributed by atoms with Crippen molar-refractivity contribution in [2.24, 2.45) is 5.92 Å². The summed E-state index contributed by atoms with van der Waals surface area (Å²) in [6.45, 7) is 1.39. The number of ether oxygens (including phenoxy) is 2. The van der Waals surface area contributed by atoms with E-state index in [0.29, 0.717) is 45.4 Å². The standard InChI is InChI=1S/C26H30N2O6/c29-23(28-15-17-12-14-33-24(17)25(30)31)11-5-6-13-27-26(32)34-16-22-20-9-3-1-7-18(20)19-8-2-4-10-21(19)22/h1-4,7-10,17,22,24H,5-6,11-16H2,(H,27,32)(H,28,29)(H,30,31)/t17-,24-/m1/s1. The Labute approximate surface area is 198 Å². The number of carboxylic acids is 1. The molecule has 2 amide bonds. The lowest BCUT2D eigenvalue weighted by molar-refractivity contribution is -0.149. The number of carbonyl (C=O) groups is 3. The summed E-state index contributed by atoms with van der Waals surface area (Å²) in [5.74, 6) is -1.29. The molecule has 2 aromatic rings. The minimum atomic E-state index is -0.990. The molecule has 2 atom stereocenters. The Morgan fingerprint density at radius 1 is 0.971 bits per heavy atom. The maximum absolute atomic E-state index is 12.2. The summed E-state index contributed by atoms with van der Waals surface area (Å²) >= 11 is 0. The largest absolute Gasteiger partial charge is 0.479 e. The molecule has 1 heterocycles. The monoisotopic (exact) mass is 466 g/mol. The molecule has 1 aliphatic heterocycles. The van der Waals surface area contributed by atoms with Gasteiger partial charge in [-0.1, -0.05) is 48.5 Å². The normalized spacial score (nSPS) is 18.7. The van der Waals surface area contributed by atoms with Gasteiger partial charge in [0.2, 0.25) is 5.91 Å². The van der Waals surface area contributed by atoms with E-state index in [4.69, 9.17) is 14.6 Å². The lowest BCUT2D eigenvalue weighted by Gasteiger charge is -2.15. The molecule has 180 valence electrons. The van der Waals surface area contributed by atoms with Gasteiger partial charge in [0.05, 0.1) is 0 Å². The molecule has 0 unspecified atom stereocenters. The molecule has 1 aliphatic carbocycles. The van der Waals surface area contributed by atoms with Crippen LogP contribution in [0.5, 0.6) is 0 Å². The minimum Gasteiger partial charge on any atom is -0.479 e. The molecule has 2 aromatic carbocycles. The summed E-state index contributed by atoms with van der Waals surface area (Å²) < 4.78 is 10.7. The van der Waals surface area contributed by atoms with E-state index < -0.39 is 18.2 Å². The van der Waals surface area contributed by atoms with Crippen LogP contribution >= 0.6 is 0 Å². The molecule has 1 saturated heterocycles. The number of aliphatic carboxylic acids is 1. The highest BCUT2D eigenvalue weighted by Gasteiger charge is 2.34. The highest BCUT2D eigenvalue weighted by Crippen LogP contribution is 2.44. The van der Waals surface area contributed by atoms with Gasteiger partial charge in [-0.2, -0.15) is 0 Å². The van der Waals surface area contributed by atoms with Crippen LogP contribution in [0.15, 0.2) is 48.5 Å². The maximum Gasteiger partial charge on any atom is 0.407 e. The third kappa shape index (κ3) is 5.56. The van der Waals surface area contributed by atoms with E-state index in [1.807, 2.05) is 24.3 Å². The van der Waals surface area contributed by atoms with Crippen LogP contribution < -0.4 is 10.6 Å². The number of rotatable bonds is 10. The van der Waals surface area contributed by atoms with Crippen molar-refractivity contribution in [2.75, 3.05) is 26.3 Å². The zero-order chi connectivity index (χ0) is 23.9. The van der Waals surface area contributed by atoms with Gasteiger partial charge in [0.25, 0.3) is 0 Å². The van der Waals surface area contributed by atoms with Crippen molar-refractivity contribution in [2.45, 2.75) is 37.7 Å². The van der Waals surface area contributed by atoms with Crippen LogP contribution in [0.4, 0.5) is 4.79 Å². The van der Waals surface area contributed by atoms with Crippen LogP contribution in [0, 0.1) is 5.92 Å². The number of benzene rings is 2. The van der Waals surface area contributed by atoms with E-state index in [9.17, 15) is 14.4 Å². The molecule has 0 aromatic heterocycles. The average molecular weight is 467 g/mol. The van der Waals surface area contributed by atoms with Crippen molar-refractivity contribution in [1.82, 2.24) is 10.6 Å². The molecular weight excluding hydrogens is 436 g/mol. The Bertz CT molecular complexity index is 994. The first-order valence-electron chi connectivity index (χ1n) is 11.7. The molecule has 0 radical (unpaired) electrons. The molecule has 0 spiro atoms. The highest BCUT2D eigenvalue weighted by molar-refractivity contribution is 5.79. The van der Waals surface area contributed by atoms with Crippen molar-refractivity contribution >= 4 is 18.0 Å². The van der Waals surface area contributed by atoms with Gasteiger partial charge in [-0.15, -0.1) is 0 Å². The van der Waals surface area contributed by atoms with Gasteiger partial charge in [0.15, 0.2) is 6.10 Å². The Kier molecular flexibility index (Phi) is 7.80. The van der Waals surface area contributed by atoms with Crippen LogP contribution in [0.2, 0.25) is 0 Å². The van der Waals surface area contributed by atoms with Gasteiger partial charge in [0, 0.05) is 38.0 Å². The Hall–Kier alpha value is -3.39. The summed E-state index contributed by atoms with van der Waals surface area (Å²) in [7, 11) is 0. The van der Waals surface area contributed by atoms with Crippen molar-refractivity contribution in [3.05, 3.63) is 59.7 Å². The topological polar surface area (TPSA) is 114 Å². The van der Waals surface area contributed by atoms with Crippen molar-refractivity contribution < 1.29 is 29.0 Å². The second-order valence-electron chi connectivity index (χ2n) is 8.69. The summed E-state index contributed by atoms with van der Waals surface area (Å²) in [6, 6.07) is 16.4. The molecule has 34 heavy (non-hydrogen) atoms. The maximum atomic E-state index is 12.2. The number of hydrogen-bond acceptors (Lipinski definition) is 5. The number of fused-ring (bicyclic) bond motifs is 3. The first-order valence-corrected chi connectivity index (χ1v) is 11.7. The van der Waals surface area contributed by atoms with E-state index in [1.54, 1.807) is 0 Å². The Balaban J connectivity index is 1.12. The van der Waals surface area contributed by atoms with E-state index in [2.05, 4.69) is 34.9 Å². The van der Waals surface area contributed by atoms with Crippen LogP contribution in [-0.2, 0) is 19.1 Å². The number of hydrogen-bond donors (Lipinski definition) is 3. The van der Waals surface area contributed by atoms with Crippen LogP contribution in [0.3, 0.4) is 0 Å². The average Bonchev–Trinajstić information content (AvgIpc) is 3.44. The number of carboxylic acid groups (broad SMARTS) is 1. The third-order valence-corrected chi connectivity index (χ3v) is 6.46. The van der Waals surface area contributed by atoms with E-state index in [-0.39, 0.29) is 24.3 Å². The van der Waals surface area contributed by atoms with E-state index in [0.717, 1.165) is 0 Å². The SMILES string of the molecule is O=C(CCCCNC(=O)OCC1c2ccccc2-c2ccccc21)NC[C@H]1CCO[C@H]1C(=O)O. The summed E-state index contributed by atoms with van der Waals surface area (Å²) in [5, 5.41) is 14.6. The lowest BCUT2D eigenvalue weighted by Crippen LogP contribution is -2.36. The van der Waals surface area contributed by atoms with Gasteiger partial charge in [0.1, 0.15) is 6.61 Å². The summed E-state index contributed by atoms with van der Waals surface area (Å²) in [5.41, 5.74) is 4.70. The molecule has 4 rings (SSSR count). The van der Waals surface area contributed by atoms with E-state index in [1.165, 1.54) is 22.3 Å². The van der Waals surface area contributed by atoms with Crippen LogP contribution in [0.25, 0.3) is 11.1 Å². The molecular formula is C26H30N2O6. The van der Waals surface area contributed by atoms with Gasteiger partial charge in [-0.25, -0.2) is 9.59 Å². The van der Waals surface area contributed by atoms with Gasteiger partial charge in [-0.05, 0) is 41.5 Å². The fraction of sp³-hybridized carbons (Fsp3) is 0.423. The summed E-state index contributed by atoms with van der Waals surface area (Å²) in [4.78, 5) is 35.3. The number of carbonyl (C=O) groups excluding carboxylic acids is 2. The number of alkyl carbamates (subject to hydrolysis) is 1. The highest BCUT2D eigenvalue weighted by atomic mass is 16.5. The number of amides is 2. The Morgan fingerprint density at radius 2 is 1.65 bits per heavy atom. The molecule has 0 bridgehead atoms. The van der Waals surface area contributed by atoms with E-state index >= 15 is 0 Å². The van der Waals surface area contributed by atoms with Crippen LogP contribution in [-0.4, -0.2) is 55.5 Å². The van der Waals surface area contributed by atoms with Crippen molar-refractivity contribution in [3.8, 4) is 11.1 Å². The predicted molar refractivity (Wildman–Crippen MR) is 125 cm³/mol.